The van der Waals surface area contributed by atoms with E-state index in [1.165, 1.54) is 12.8 Å². The van der Waals surface area contributed by atoms with E-state index in [-0.39, 0.29) is 18.6 Å². The topological polar surface area (TPSA) is 88.5 Å². The number of imidazole rings is 1. The van der Waals surface area contributed by atoms with Gasteiger partial charge < -0.3 is 20.6 Å². The van der Waals surface area contributed by atoms with Crippen molar-refractivity contribution in [3.05, 3.63) is 18.6 Å². The molecule has 2 heterocycles. The second-order valence-electron chi connectivity index (χ2n) is 5.15. The van der Waals surface area contributed by atoms with Gasteiger partial charge in [-0.15, -0.1) is 0 Å². The van der Waals surface area contributed by atoms with Gasteiger partial charge in [-0.3, -0.25) is 0 Å². The van der Waals surface area contributed by atoms with Crippen LogP contribution in [0.2, 0.25) is 0 Å². The quantitative estimate of drug-likeness (QED) is 0.774. The van der Waals surface area contributed by atoms with Crippen LogP contribution in [0.15, 0.2) is 18.6 Å². The lowest BCUT2D eigenvalue weighted by atomic mass is 9.85. The molecular weight excluding hydrogens is 242 g/mol. The average molecular weight is 261 g/mol. The van der Waals surface area contributed by atoms with E-state index in [0.29, 0.717) is 11.6 Å². The van der Waals surface area contributed by atoms with Crippen LogP contribution in [0.1, 0.15) is 25.7 Å². The maximum absolute atomic E-state index is 9.46. The fourth-order valence-corrected chi connectivity index (χ4v) is 2.84. The monoisotopic (exact) mass is 261 g/mol. The van der Waals surface area contributed by atoms with Crippen LogP contribution in [0.3, 0.4) is 0 Å². The molecule has 2 atom stereocenters. The Labute approximate surface area is 111 Å². The molecule has 0 aliphatic heterocycles. The van der Waals surface area contributed by atoms with Gasteiger partial charge in [0.05, 0.1) is 6.20 Å². The Kier molecular flexibility index (Phi) is 3.25. The van der Waals surface area contributed by atoms with Crippen LogP contribution in [0.25, 0.3) is 5.65 Å². The van der Waals surface area contributed by atoms with Gasteiger partial charge in [-0.2, -0.15) is 0 Å². The maximum atomic E-state index is 9.46. The van der Waals surface area contributed by atoms with Crippen molar-refractivity contribution in [3.63, 3.8) is 0 Å². The Morgan fingerprint density at radius 2 is 2.26 bits per heavy atom. The molecule has 3 rings (SSSR count). The highest BCUT2D eigenvalue weighted by molar-refractivity contribution is 5.65. The standard InChI is InChI=1S/C13H19N5O/c14-11-7-18-6-5-15-13(18)12(17-11)16-10-4-2-1-3-9(10)8-19/h5-7,9-10,19H,1-4,8,14H2,(H,16,17). The predicted octanol–water partition coefficient (Wildman–Crippen LogP) is 1.27. The van der Waals surface area contributed by atoms with Gasteiger partial charge in [0, 0.05) is 31.0 Å². The van der Waals surface area contributed by atoms with Gasteiger partial charge in [0.1, 0.15) is 5.82 Å². The summed E-state index contributed by atoms with van der Waals surface area (Å²) in [6.45, 7) is 0.213. The molecule has 0 aromatic carbocycles. The molecule has 2 aromatic heterocycles. The highest BCUT2D eigenvalue weighted by atomic mass is 16.3. The predicted molar refractivity (Wildman–Crippen MR) is 73.9 cm³/mol. The van der Waals surface area contributed by atoms with Gasteiger partial charge in [-0.1, -0.05) is 12.8 Å². The minimum atomic E-state index is 0.213. The number of anilines is 2. The normalized spacial score (nSPS) is 23.6. The van der Waals surface area contributed by atoms with E-state index in [4.69, 9.17) is 5.73 Å². The van der Waals surface area contributed by atoms with Gasteiger partial charge >= 0.3 is 0 Å². The second kappa shape index (κ2) is 5.05. The minimum absolute atomic E-state index is 0.213. The summed E-state index contributed by atoms with van der Waals surface area (Å²) in [6.07, 6.45) is 9.80. The first-order valence-electron chi connectivity index (χ1n) is 6.74. The van der Waals surface area contributed by atoms with E-state index >= 15 is 0 Å². The Bertz CT molecular complexity index is 567. The number of aliphatic hydroxyl groups is 1. The van der Waals surface area contributed by atoms with Crippen molar-refractivity contribution in [2.24, 2.45) is 5.92 Å². The van der Waals surface area contributed by atoms with Gasteiger partial charge in [0.15, 0.2) is 11.5 Å². The largest absolute Gasteiger partial charge is 0.396 e. The molecule has 0 radical (unpaired) electrons. The van der Waals surface area contributed by atoms with Gasteiger partial charge in [-0.05, 0) is 12.8 Å². The number of nitrogen functional groups attached to an aromatic ring is 1. The molecule has 1 fully saturated rings. The first-order chi connectivity index (χ1) is 9.28. The number of nitrogens with two attached hydrogens (primary N) is 1. The smallest absolute Gasteiger partial charge is 0.180 e. The van der Waals surface area contributed by atoms with E-state index in [1.807, 2.05) is 10.6 Å². The van der Waals surface area contributed by atoms with Crippen molar-refractivity contribution in [3.8, 4) is 0 Å². The van der Waals surface area contributed by atoms with E-state index in [9.17, 15) is 5.11 Å². The van der Waals surface area contributed by atoms with Crippen molar-refractivity contribution >= 4 is 17.3 Å². The molecule has 0 spiro atoms. The molecule has 1 aliphatic rings. The van der Waals surface area contributed by atoms with Crippen LogP contribution < -0.4 is 11.1 Å². The molecule has 4 N–H and O–H groups in total. The highest BCUT2D eigenvalue weighted by Gasteiger charge is 2.25. The molecule has 0 amide bonds. The molecule has 102 valence electrons. The lowest BCUT2D eigenvalue weighted by Crippen LogP contribution is -2.34. The Morgan fingerprint density at radius 3 is 3.11 bits per heavy atom. The van der Waals surface area contributed by atoms with Crippen molar-refractivity contribution in [2.75, 3.05) is 17.7 Å². The molecule has 6 nitrogen and oxygen atoms in total. The fraction of sp³-hybridized carbons (Fsp3) is 0.538. The van der Waals surface area contributed by atoms with Crippen LogP contribution in [0.5, 0.6) is 0 Å². The highest BCUT2D eigenvalue weighted by Crippen LogP contribution is 2.27. The van der Waals surface area contributed by atoms with Crippen molar-refractivity contribution < 1.29 is 5.11 Å². The van der Waals surface area contributed by atoms with Crippen molar-refractivity contribution in [1.29, 1.82) is 0 Å². The number of aliphatic hydroxyl groups excluding tert-OH is 1. The summed E-state index contributed by atoms with van der Waals surface area (Å²) in [5, 5.41) is 12.9. The van der Waals surface area contributed by atoms with E-state index in [0.717, 1.165) is 18.5 Å². The zero-order valence-corrected chi connectivity index (χ0v) is 10.8. The lowest BCUT2D eigenvalue weighted by Gasteiger charge is -2.31. The van der Waals surface area contributed by atoms with Gasteiger partial charge in [0.25, 0.3) is 0 Å². The maximum Gasteiger partial charge on any atom is 0.180 e. The average Bonchev–Trinajstić information content (AvgIpc) is 2.87. The van der Waals surface area contributed by atoms with Crippen molar-refractivity contribution in [1.82, 2.24) is 14.4 Å². The summed E-state index contributed by atoms with van der Waals surface area (Å²) < 4.78 is 1.86. The molecule has 0 bridgehead atoms. The van der Waals surface area contributed by atoms with Crippen LogP contribution in [-0.4, -0.2) is 32.1 Å². The molecule has 19 heavy (non-hydrogen) atoms. The summed E-state index contributed by atoms with van der Waals surface area (Å²) in [5.41, 5.74) is 6.58. The third-order valence-electron chi connectivity index (χ3n) is 3.86. The van der Waals surface area contributed by atoms with Crippen LogP contribution >= 0.6 is 0 Å². The molecule has 0 saturated heterocycles. The summed E-state index contributed by atoms with van der Waals surface area (Å²) in [5.74, 6) is 1.45. The van der Waals surface area contributed by atoms with Crippen molar-refractivity contribution in [2.45, 2.75) is 31.7 Å². The number of rotatable bonds is 3. The van der Waals surface area contributed by atoms with E-state index in [1.54, 1.807) is 12.4 Å². The lowest BCUT2D eigenvalue weighted by molar-refractivity contribution is 0.178. The first-order valence-corrected chi connectivity index (χ1v) is 6.74. The molecule has 2 unspecified atom stereocenters. The Balaban J connectivity index is 1.89. The third kappa shape index (κ3) is 2.35. The summed E-state index contributed by atoms with van der Waals surface area (Å²) in [6, 6.07) is 0.244. The summed E-state index contributed by atoms with van der Waals surface area (Å²) in [4.78, 5) is 8.63. The van der Waals surface area contributed by atoms with Crippen LogP contribution in [0.4, 0.5) is 11.6 Å². The van der Waals surface area contributed by atoms with Gasteiger partial charge in [-0.25, -0.2) is 9.97 Å². The Hall–Kier alpha value is -1.82. The molecular formula is C13H19N5O. The number of fused-ring (bicyclic) bond motifs is 1. The third-order valence-corrected chi connectivity index (χ3v) is 3.86. The van der Waals surface area contributed by atoms with Gasteiger partial charge in [0.2, 0.25) is 0 Å². The number of aromatic nitrogens is 3. The van der Waals surface area contributed by atoms with Crippen LogP contribution in [0, 0.1) is 5.92 Å². The SMILES string of the molecule is Nc1cn2ccnc2c(NC2CCCCC2CO)n1. The molecule has 1 saturated carbocycles. The van der Waals surface area contributed by atoms with Crippen LogP contribution in [-0.2, 0) is 0 Å². The number of nitrogens with zero attached hydrogens (tertiary/aromatic N) is 3. The molecule has 2 aromatic rings. The fourth-order valence-electron chi connectivity index (χ4n) is 2.84. The molecule has 1 aliphatic carbocycles. The zero-order chi connectivity index (χ0) is 13.2. The summed E-state index contributed by atoms with van der Waals surface area (Å²) >= 11 is 0. The zero-order valence-electron chi connectivity index (χ0n) is 10.8. The number of nitrogens with one attached hydrogen (secondary N) is 1. The first kappa shape index (κ1) is 12.2. The molecule has 6 heteroatoms. The summed E-state index contributed by atoms with van der Waals surface area (Å²) in [7, 11) is 0. The second-order valence-corrected chi connectivity index (χ2v) is 5.15. The minimum Gasteiger partial charge on any atom is -0.396 e. The Morgan fingerprint density at radius 1 is 1.42 bits per heavy atom. The number of hydrogen-bond donors (Lipinski definition) is 3. The number of hydrogen-bond acceptors (Lipinski definition) is 5. The van der Waals surface area contributed by atoms with E-state index in [2.05, 4.69) is 15.3 Å². The van der Waals surface area contributed by atoms with E-state index < -0.39 is 0 Å².